The number of anilines is 1. The van der Waals surface area contributed by atoms with Gasteiger partial charge in [-0.25, -0.2) is 8.42 Å². The lowest BCUT2D eigenvalue weighted by atomic mass is 10.0. The number of nitrogens with one attached hydrogen (secondary N) is 1. The quantitative estimate of drug-likeness (QED) is 0.474. The number of para-hydroxylation sites is 1. The van der Waals surface area contributed by atoms with Crippen molar-refractivity contribution in [3.8, 4) is 5.75 Å². The highest BCUT2D eigenvalue weighted by atomic mass is 32.2. The van der Waals surface area contributed by atoms with Crippen molar-refractivity contribution >= 4 is 27.6 Å². The Morgan fingerprint density at radius 2 is 1.66 bits per heavy atom. The summed E-state index contributed by atoms with van der Waals surface area (Å²) < 4.78 is 32.5. The maximum atomic E-state index is 13.0. The van der Waals surface area contributed by atoms with Crippen molar-refractivity contribution in [2.45, 2.75) is 24.8 Å². The molecule has 32 heavy (non-hydrogen) atoms. The number of esters is 1. The summed E-state index contributed by atoms with van der Waals surface area (Å²) in [5.74, 6) is -0.763. The number of carbonyl (C=O) groups excluding carboxylic acids is 2. The normalized spacial score (nSPS) is 13.8. The van der Waals surface area contributed by atoms with Crippen LogP contribution in [0.15, 0.2) is 77.7 Å². The van der Waals surface area contributed by atoms with Gasteiger partial charge in [-0.1, -0.05) is 36.4 Å². The summed E-state index contributed by atoms with van der Waals surface area (Å²) in [7, 11) is -3.60. The van der Waals surface area contributed by atoms with Crippen molar-refractivity contribution in [1.82, 2.24) is 4.31 Å². The van der Waals surface area contributed by atoms with Gasteiger partial charge in [-0.2, -0.15) is 4.31 Å². The van der Waals surface area contributed by atoms with Crippen molar-refractivity contribution < 1.29 is 22.7 Å². The van der Waals surface area contributed by atoms with Crippen molar-refractivity contribution in [2.24, 2.45) is 0 Å². The first kappa shape index (κ1) is 21.7. The lowest BCUT2D eigenvalue weighted by Crippen LogP contribution is -2.36. The van der Waals surface area contributed by atoms with E-state index in [0.717, 1.165) is 11.1 Å². The molecule has 0 atom stereocenters. The molecular formula is C24H22N2O5S. The molecule has 7 nitrogen and oxygen atoms in total. The predicted octanol–water partition coefficient (Wildman–Crippen LogP) is 3.61. The van der Waals surface area contributed by atoms with E-state index in [9.17, 15) is 18.0 Å². The van der Waals surface area contributed by atoms with Crippen molar-refractivity contribution in [3.05, 3.63) is 89.5 Å². The van der Waals surface area contributed by atoms with Crippen LogP contribution < -0.4 is 10.1 Å². The minimum Gasteiger partial charge on any atom is -0.426 e. The molecule has 0 aliphatic carbocycles. The van der Waals surface area contributed by atoms with Crippen LogP contribution in [0.1, 0.15) is 28.4 Å². The van der Waals surface area contributed by atoms with Gasteiger partial charge in [0.15, 0.2) is 0 Å². The Hall–Kier alpha value is -3.49. The van der Waals surface area contributed by atoms with Crippen LogP contribution in [0.25, 0.3) is 0 Å². The third kappa shape index (κ3) is 4.56. The van der Waals surface area contributed by atoms with Crippen LogP contribution in [-0.4, -0.2) is 31.1 Å². The number of carbonyl (C=O) groups is 2. The van der Waals surface area contributed by atoms with Gasteiger partial charge < -0.3 is 10.1 Å². The highest BCUT2D eigenvalue weighted by Gasteiger charge is 2.28. The maximum absolute atomic E-state index is 13.0. The highest BCUT2D eigenvalue weighted by molar-refractivity contribution is 7.89. The van der Waals surface area contributed by atoms with E-state index in [1.165, 1.54) is 11.2 Å². The number of sulfonamides is 1. The second kappa shape index (κ2) is 8.94. The van der Waals surface area contributed by atoms with Crippen molar-refractivity contribution in [3.63, 3.8) is 0 Å². The molecule has 4 rings (SSSR count). The minimum atomic E-state index is -3.60. The standard InChI is InChI=1S/C24H22N2O5S/c1-17(27)31-23-10-6-5-9-22(23)24(28)25-20-12-11-18-13-14-26(16-19(18)15-20)32(29,30)21-7-3-2-4-8-21/h2-12,15H,13-14,16H2,1H3,(H,25,28). The number of amides is 1. The SMILES string of the molecule is CC(=O)Oc1ccccc1C(=O)Nc1ccc2c(c1)CN(S(=O)(=O)c1ccccc1)CC2. The van der Waals surface area contributed by atoms with Gasteiger partial charge in [-0.15, -0.1) is 0 Å². The van der Waals surface area contributed by atoms with Gasteiger partial charge in [0.2, 0.25) is 10.0 Å². The third-order valence-corrected chi connectivity index (χ3v) is 7.07. The second-order valence-electron chi connectivity index (χ2n) is 7.43. The number of ether oxygens (including phenoxy) is 1. The Morgan fingerprint density at radius 1 is 0.938 bits per heavy atom. The van der Waals surface area contributed by atoms with Gasteiger partial charge in [-0.05, 0) is 53.9 Å². The number of hydrogen-bond donors (Lipinski definition) is 1. The van der Waals surface area contributed by atoms with Crippen molar-refractivity contribution in [1.29, 1.82) is 0 Å². The molecule has 8 heteroatoms. The first-order chi connectivity index (χ1) is 15.3. The molecule has 0 fully saturated rings. The number of nitrogens with zero attached hydrogens (tertiary/aromatic N) is 1. The van der Waals surface area contributed by atoms with E-state index in [1.807, 2.05) is 6.07 Å². The van der Waals surface area contributed by atoms with E-state index < -0.39 is 21.9 Å². The topological polar surface area (TPSA) is 92.8 Å². The van der Waals surface area contributed by atoms with Crippen molar-refractivity contribution in [2.75, 3.05) is 11.9 Å². The summed E-state index contributed by atoms with van der Waals surface area (Å²) in [5.41, 5.74) is 2.64. The van der Waals surface area contributed by atoms with E-state index in [2.05, 4.69) is 5.32 Å². The van der Waals surface area contributed by atoms with Gasteiger partial charge in [0.1, 0.15) is 5.75 Å². The Morgan fingerprint density at radius 3 is 2.41 bits per heavy atom. The molecule has 0 unspecified atom stereocenters. The lowest BCUT2D eigenvalue weighted by molar-refractivity contribution is -0.131. The average Bonchev–Trinajstić information content (AvgIpc) is 2.79. The number of rotatable bonds is 5. The Bertz CT molecular complexity index is 1270. The third-order valence-electron chi connectivity index (χ3n) is 5.21. The average molecular weight is 451 g/mol. The first-order valence-corrected chi connectivity index (χ1v) is 11.5. The lowest BCUT2D eigenvalue weighted by Gasteiger charge is -2.28. The number of fused-ring (bicyclic) bond motifs is 1. The van der Waals surface area contributed by atoms with E-state index in [0.29, 0.717) is 18.7 Å². The molecule has 0 bridgehead atoms. The maximum Gasteiger partial charge on any atom is 0.308 e. The van der Waals surface area contributed by atoms with Crippen LogP contribution >= 0.6 is 0 Å². The van der Waals surface area contributed by atoms with Gasteiger partial charge in [0.05, 0.1) is 10.5 Å². The van der Waals surface area contributed by atoms with Gasteiger partial charge in [0.25, 0.3) is 5.91 Å². The summed E-state index contributed by atoms with van der Waals surface area (Å²) in [5, 5.41) is 2.81. The van der Waals surface area contributed by atoms with Gasteiger partial charge in [-0.3, -0.25) is 9.59 Å². The van der Waals surface area contributed by atoms with Crippen LogP contribution in [0, 0.1) is 0 Å². The van der Waals surface area contributed by atoms with E-state index in [-0.39, 0.29) is 22.8 Å². The van der Waals surface area contributed by atoms with Crippen LogP contribution in [0.2, 0.25) is 0 Å². The van der Waals surface area contributed by atoms with Crippen LogP contribution in [-0.2, 0) is 27.8 Å². The summed E-state index contributed by atoms with van der Waals surface area (Å²) >= 11 is 0. The smallest absolute Gasteiger partial charge is 0.308 e. The van der Waals surface area contributed by atoms with E-state index in [1.54, 1.807) is 66.7 Å². The zero-order valence-corrected chi connectivity index (χ0v) is 18.3. The molecule has 0 aromatic heterocycles. The molecule has 1 N–H and O–H groups in total. The Labute approximate surface area is 186 Å². The molecule has 0 radical (unpaired) electrons. The fraction of sp³-hybridized carbons (Fsp3) is 0.167. The van der Waals surface area contributed by atoms with Gasteiger partial charge >= 0.3 is 5.97 Å². The monoisotopic (exact) mass is 450 g/mol. The summed E-state index contributed by atoms with van der Waals surface area (Å²) in [6.45, 7) is 1.89. The summed E-state index contributed by atoms with van der Waals surface area (Å²) in [4.78, 5) is 24.4. The Balaban J connectivity index is 1.55. The Kier molecular flexibility index (Phi) is 6.07. The molecular weight excluding hydrogens is 428 g/mol. The number of hydrogen-bond acceptors (Lipinski definition) is 5. The number of benzene rings is 3. The molecule has 1 heterocycles. The largest absolute Gasteiger partial charge is 0.426 e. The highest BCUT2D eigenvalue weighted by Crippen LogP contribution is 2.28. The second-order valence-corrected chi connectivity index (χ2v) is 9.37. The van der Waals surface area contributed by atoms with Crippen LogP contribution in [0.5, 0.6) is 5.75 Å². The van der Waals surface area contributed by atoms with Gasteiger partial charge in [0, 0.05) is 25.7 Å². The fourth-order valence-electron chi connectivity index (χ4n) is 3.65. The fourth-order valence-corrected chi connectivity index (χ4v) is 5.09. The summed E-state index contributed by atoms with van der Waals surface area (Å²) in [6, 6.07) is 20.3. The first-order valence-electron chi connectivity index (χ1n) is 10.1. The zero-order valence-electron chi connectivity index (χ0n) is 17.4. The molecule has 3 aromatic rings. The summed E-state index contributed by atoms with van der Waals surface area (Å²) in [6.07, 6.45) is 0.588. The molecule has 3 aromatic carbocycles. The molecule has 0 saturated carbocycles. The predicted molar refractivity (Wildman–Crippen MR) is 120 cm³/mol. The molecule has 1 aliphatic heterocycles. The zero-order chi connectivity index (χ0) is 22.7. The minimum absolute atomic E-state index is 0.176. The molecule has 1 aliphatic rings. The molecule has 0 saturated heterocycles. The van der Waals surface area contributed by atoms with E-state index >= 15 is 0 Å². The van der Waals surface area contributed by atoms with Crippen LogP contribution in [0.4, 0.5) is 5.69 Å². The molecule has 164 valence electrons. The molecule has 1 amide bonds. The van der Waals surface area contributed by atoms with Crippen LogP contribution in [0.3, 0.4) is 0 Å². The van der Waals surface area contributed by atoms with E-state index in [4.69, 9.17) is 4.74 Å². The molecule has 0 spiro atoms.